The van der Waals surface area contributed by atoms with Gasteiger partial charge in [-0.1, -0.05) is 30.7 Å². The molecule has 2 N–H and O–H groups in total. The van der Waals surface area contributed by atoms with E-state index >= 15 is 0 Å². The first-order valence-corrected chi connectivity index (χ1v) is 7.25. The van der Waals surface area contributed by atoms with E-state index in [2.05, 4.69) is 42.7 Å². The van der Waals surface area contributed by atoms with Crippen molar-refractivity contribution in [3.05, 3.63) is 34.9 Å². The number of nitrogens with one attached hydrogen (secondary N) is 2. The highest BCUT2D eigenvalue weighted by atomic mass is 16.2. The van der Waals surface area contributed by atoms with Crippen molar-refractivity contribution < 1.29 is 4.79 Å². The monoisotopic (exact) mass is 260 g/mol. The van der Waals surface area contributed by atoms with E-state index in [1.54, 1.807) is 0 Å². The first-order valence-electron chi connectivity index (χ1n) is 7.25. The second kappa shape index (κ2) is 6.20. The van der Waals surface area contributed by atoms with Gasteiger partial charge in [0.05, 0.1) is 6.04 Å². The molecular weight excluding hydrogens is 236 g/mol. The Labute approximate surface area is 115 Å². The van der Waals surface area contributed by atoms with Crippen LogP contribution < -0.4 is 10.6 Å². The van der Waals surface area contributed by atoms with Crippen LogP contribution in [0.15, 0.2) is 18.2 Å². The molecule has 3 heteroatoms. The molecule has 0 bridgehead atoms. The Morgan fingerprint density at radius 1 is 1.47 bits per heavy atom. The number of amides is 1. The van der Waals surface area contributed by atoms with Crippen molar-refractivity contribution in [1.82, 2.24) is 10.6 Å². The number of hydrogen-bond donors (Lipinski definition) is 2. The summed E-state index contributed by atoms with van der Waals surface area (Å²) in [5.41, 5.74) is 4.08. The van der Waals surface area contributed by atoms with Crippen molar-refractivity contribution in [2.75, 3.05) is 6.54 Å². The van der Waals surface area contributed by atoms with Crippen molar-refractivity contribution >= 4 is 5.91 Å². The van der Waals surface area contributed by atoms with Gasteiger partial charge in [-0.05, 0) is 44.2 Å². The number of rotatable bonds is 5. The third-order valence-electron chi connectivity index (χ3n) is 3.77. The van der Waals surface area contributed by atoms with Crippen LogP contribution in [0.3, 0.4) is 0 Å². The number of hydrogen-bond acceptors (Lipinski definition) is 2. The lowest BCUT2D eigenvalue weighted by Gasteiger charge is -2.20. The smallest absolute Gasteiger partial charge is 0.236 e. The zero-order chi connectivity index (χ0) is 13.8. The third kappa shape index (κ3) is 3.35. The maximum atomic E-state index is 11.9. The van der Waals surface area contributed by atoms with Crippen molar-refractivity contribution in [2.45, 2.75) is 52.1 Å². The summed E-state index contributed by atoms with van der Waals surface area (Å²) < 4.78 is 0. The average Bonchev–Trinajstić information content (AvgIpc) is 2.78. The Bertz CT molecular complexity index is 456. The zero-order valence-corrected chi connectivity index (χ0v) is 12.1. The second-order valence-corrected chi connectivity index (χ2v) is 5.47. The molecule has 0 fully saturated rings. The molecule has 0 radical (unpaired) electrons. The van der Waals surface area contributed by atoms with Crippen LogP contribution in [0.25, 0.3) is 0 Å². The Balaban J connectivity index is 1.98. The number of aryl methyl sites for hydroxylation is 2. The summed E-state index contributed by atoms with van der Waals surface area (Å²) in [4.78, 5) is 11.9. The van der Waals surface area contributed by atoms with Gasteiger partial charge in [-0.3, -0.25) is 10.1 Å². The molecule has 2 atom stereocenters. The first-order chi connectivity index (χ1) is 9.11. The standard InChI is InChI=1S/C16H24N2O/c1-4-9-17-16(19)12(3)18-15-8-7-13-6-5-11(2)10-14(13)15/h5-6,10,12,15,18H,4,7-9H2,1-3H3,(H,17,19). The number of fused-ring (bicyclic) bond motifs is 1. The maximum absolute atomic E-state index is 11.9. The van der Waals surface area contributed by atoms with E-state index in [0.717, 1.165) is 25.8 Å². The number of carbonyl (C=O) groups is 1. The summed E-state index contributed by atoms with van der Waals surface area (Å²) in [6, 6.07) is 6.81. The van der Waals surface area contributed by atoms with Gasteiger partial charge in [0.15, 0.2) is 0 Å². The van der Waals surface area contributed by atoms with Crippen LogP contribution in [0.4, 0.5) is 0 Å². The predicted molar refractivity (Wildman–Crippen MR) is 78.1 cm³/mol. The average molecular weight is 260 g/mol. The fourth-order valence-electron chi connectivity index (χ4n) is 2.67. The van der Waals surface area contributed by atoms with Gasteiger partial charge >= 0.3 is 0 Å². The highest BCUT2D eigenvalue weighted by molar-refractivity contribution is 5.81. The second-order valence-electron chi connectivity index (χ2n) is 5.47. The van der Waals surface area contributed by atoms with E-state index in [4.69, 9.17) is 0 Å². The normalized spacial score (nSPS) is 19.0. The van der Waals surface area contributed by atoms with Crippen LogP contribution in [0.2, 0.25) is 0 Å². The van der Waals surface area contributed by atoms with E-state index in [1.165, 1.54) is 16.7 Å². The minimum atomic E-state index is -0.136. The molecule has 1 aliphatic carbocycles. The van der Waals surface area contributed by atoms with Crippen LogP contribution >= 0.6 is 0 Å². The van der Waals surface area contributed by atoms with Crippen LogP contribution in [-0.2, 0) is 11.2 Å². The summed E-state index contributed by atoms with van der Waals surface area (Å²) >= 11 is 0. The zero-order valence-electron chi connectivity index (χ0n) is 12.1. The molecule has 1 aromatic carbocycles. The van der Waals surface area contributed by atoms with Crippen LogP contribution in [0.5, 0.6) is 0 Å². The molecule has 0 saturated heterocycles. The maximum Gasteiger partial charge on any atom is 0.236 e. The minimum absolute atomic E-state index is 0.1000. The van der Waals surface area contributed by atoms with Crippen molar-refractivity contribution in [2.24, 2.45) is 0 Å². The molecule has 0 aliphatic heterocycles. The SMILES string of the molecule is CCCNC(=O)C(C)NC1CCc2ccc(C)cc21. The minimum Gasteiger partial charge on any atom is -0.355 e. The largest absolute Gasteiger partial charge is 0.355 e. The van der Waals surface area contributed by atoms with Crippen LogP contribution in [0.1, 0.15) is 49.4 Å². The molecular formula is C16H24N2O. The predicted octanol–water partition coefficient (Wildman–Crippen LogP) is 2.49. The Hall–Kier alpha value is -1.35. The van der Waals surface area contributed by atoms with Gasteiger partial charge in [0, 0.05) is 12.6 Å². The summed E-state index contributed by atoms with van der Waals surface area (Å²) in [6.45, 7) is 6.88. The molecule has 0 spiro atoms. The molecule has 2 unspecified atom stereocenters. The van der Waals surface area contributed by atoms with E-state index in [0.29, 0.717) is 6.04 Å². The molecule has 1 aliphatic rings. The Morgan fingerprint density at radius 2 is 2.26 bits per heavy atom. The first kappa shape index (κ1) is 14.1. The van der Waals surface area contributed by atoms with Gasteiger partial charge in [0.2, 0.25) is 5.91 Å². The summed E-state index contributed by atoms with van der Waals surface area (Å²) in [7, 11) is 0. The lowest BCUT2D eigenvalue weighted by atomic mass is 10.0. The molecule has 2 rings (SSSR count). The highest BCUT2D eigenvalue weighted by Gasteiger charge is 2.25. The van der Waals surface area contributed by atoms with E-state index < -0.39 is 0 Å². The van der Waals surface area contributed by atoms with Gasteiger partial charge < -0.3 is 5.32 Å². The molecule has 1 amide bonds. The molecule has 19 heavy (non-hydrogen) atoms. The summed E-state index contributed by atoms with van der Waals surface area (Å²) in [5.74, 6) is 0.1000. The molecule has 1 aromatic rings. The van der Waals surface area contributed by atoms with Crippen LogP contribution in [0, 0.1) is 6.92 Å². The van der Waals surface area contributed by atoms with Gasteiger partial charge in [0.1, 0.15) is 0 Å². The molecule has 0 aromatic heterocycles. The summed E-state index contributed by atoms with van der Waals surface area (Å²) in [6.07, 6.45) is 3.17. The van der Waals surface area contributed by atoms with Gasteiger partial charge in [0.25, 0.3) is 0 Å². The van der Waals surface area contributed by atoms with Crippen molar-refractivity contribution in [3.63, 3.8) is 0 Å². The fraction of sp³-hybridized carbons (Fsp3) is 0.562. The van der Waals surface area contributed by atoms with Gasteiger partial charge in [-0.15, -0.1) is 0 Å². The number of benzene rings is 1. The lowest BCUT2D eigenvalue weighted by molar-refractivity contribution is -0.122. The Kier molecular flexibility index (Phi) is 4.59. The number of carbonyl (C=O) groups excluding carboxylic acids is 1. The fourth-order valence-corrected chi connectivity index (χ4v) is 2.67. The van der Waals surface area contributed by atoms with E-state index in [-0.39, 0.29) is 11.9 Å². The molecule has 104 valence electrons. The van der Waals surface area contributed by atoms with Gasteiger partial charge in [-0.2, -0.15) is 0 Å². The third-order valence-corrected chi connectivity index (χ3v) is 3.77. The van der Waals surface area contributed by atoms with Crippen LogP contribution in [-0.4, -0.2) is 18.5 Å². The molecule has 3 nitrogen and oxygen atoms in total. The molecule has 0 saturated carbocycles. The summed E-state index contributed by atoms with van der Waals surface area (Å²) in [5, 5.41) is 6.40. The van der Waals surface area contributed by atoms with Crippen molar-refractivity contribution in [1.29, 1.82) is 0 Å². The quantitative estimate of drug-likeness (QED) is 0.854. The lowest BCUT2D eigenvalue weighted by Crippen LogP contribution is -2.43. The van der Waals surface area contributed by atoms with E-state index in [1.807, 2.05) is 6.92 Å². The molecule has 0 heterocycles. The van der Waals surface area contributed by atoms with Crippen molar-refractivity contribution in [3.8, 4) is 0 Å². The Morgan fingerprint density at radius 3 is 3.00 bits per heavy atom. The topological polar surface area (TPSA) is 41.1 Å². The van der Waals surface area contributed by atoms with E-state index in [9.17, 15) is 4.79 Å². The van der Waals surface area contributed by atoms with Gasteiger partial charge in [-0.25, -0.2) is 0 Å². The highest BCUT2D eigenvalue weighted by Crippen LogP contribution is 2.31.